The molecule has 4 aromatic carbocycles. The lowest BCUT2D eigenvalue weighted by molar-refractivity contribution is -0.123. The van der Waals surface area contributed by atoms with Gasteiger partial charge in [0.1, 0.15) is 17.3 Å². The van der Waals surface area contributed by atoms with Gasteiger partial charge in [0.2, 0.25) is 0 Å². The van der Waals surface area contributed by atoms with E-state index in [9.17, 15) is 18.0 Å². The Morgan fingerprint density at radius 1 is 0.923 bits per heavy atom. The van der Waals surface area contributed by atoms with E-state index in [1.165, 1.54) is 30.3 Å². The predicted octanol–water partition coefficient (Wildman–Crippen LogP) is 7.14. The number of amides is 2. The van der Waals surface area contributed by atoms with Gasteiger partial charge in [0, 0.05) is 10.4 Å². The van der Waals surface area contributed by atoms with Gasteiger partial charge >= 0.3 is 10.1 Å². The number of fused-ring (bicyclic) bond motifs is 1. The monoisotopic (exact) mass is 643 g/mol. The van der Waals surface area contributed by atoms with Crippen molar-refractivity contribution in [3.8, 4) is 11.5 Å². The average Bonchev–Trinajstić information content (AvgIpc) is 3.18. The Labute approximate surface area is 242 Å². The van der Waals surface area contributed by atoms with Crippen molar-refractivity contribution in [1.29, 1.82) is 0 Å². The zero-order valence-corrected chi connectivity index (χ0v) is 24.0. The standard InChI is InChI=1S/C28H19BrClNO6S2/c29-23-16-18(8-13-25(23)37-39(34,35)21-11-9-20(30)10-12-21)17-26-27(32)31(28(33)38-26)14-15-36-24-7-3-5-19-4-1-2-6-22(19)24/h1-13,16-17H,14-15H2/b26-17-. The molecule has 39 heavy (non-hydrogen) atoms. The minimum atomic E-state index is -4.08. The molecule has 0 atom stereocenters. The number of rotatable bonds is 8. The molecule has 0 N–H and O–H groups in total. The molecule has 1 aliphatic rings. The van der Waals surface area contributed by atoms with Crippen molar-refractivity contribution in [2.45, 2.75) is 4.90 Å². The van der Waals surface area contributed by atoms with Gasteiger partial charge in [0.25, 0.3) is 11.1 Å². The quantitative estimate of drug-likeness (QED) is 0.149. The van der Waals surface area contributed by atoms with Gasteiger partial charge in [-0.25, -0.2) is 0 Å². The molecule has 0 bridgehead atoms. The SMILES string of the molecule is O=C1S/C(=C\c2ccc(OS(=O)(=O)c3ccc(Cl)cc3)c(Br)c2)C(=O)N1CCOc1cccc2ccccc12. The normalized spacial score (nSPS) is 14.8. The summed E-state index contributed by atoms with van der Waals surface area (Å²) in [4.78, 5) is 26.8. The molecule has 0 aromatic heterocycles. The lowest BCUT2D eigenvalue weighted by Crippen LogP contribution is -2.32. The Morgan fingerprint density at radius 3 is 2.44 bits per heavy atom. The Hall–Kier alpha value is -3.31. The number of halogens is 2. The molecule has 0 aliphatic carbocycles. The smallest absolute Gasteiger partial charge is 0.339 e. The summed E-state index contributed by atoms with van der Waals surface area (Å²) in [5.41, 5.74) is 0.579. The summed E-state index contributed by atoms with van der Waals surface area (Å²) >= 11 is 9.98. The first-order chi connectivity index (χ1) is 18.7. The molecule has 0 spiro atoms. The Bertz CT molecular complexity index is 1720. The molecule has 198 valence electrons. The summed E-state index contributed by atoms with van der Waals surface area (Å²) in [6, 6.07) is 23.8. The van der Waals surface area contributed by atoms with Crippen LogP contribution in [0.3, 0.4) is 0 Å². The van der Waals surface area contributed by atoms with Crippen LogP contribution in [-0.4, -0.2) is 37.6 Å². The molecule has 0 saturated carbocycles. The molecule has 11 heteroatoms. The van der Waals surface area contributed by atoms with Crippen LogP contribution in [0.1, 0.15) is 5.56 Å². The molecule has 1 heterocycles. The van der Waals surface area contributed by atoms with Crippen LogP contribution in [0.2, 0.25) is 5.02 Å². The molecular weight excluding hydrogens is 626 g/mol. The third-order valence-corrected chi connectivity index (χ3v) is 8.78. The third kappa shape index (κ3) is 6.14. The number of thioether (sulfide) groups is 1. The summed E-state index contributed by atoms with van der Waals surface area (Å²) in [7, 11) is -4.08. The maximum absolute atomic E-state index is 12.9. The van der Waals surface area contributed by atoms with Crippen LogP contribution in [0.4, 0.5) is 4.79 Å². The predicted molar refractivity (Wildman–Crippen MR) is 156 cm³/mol. The summed E-state index contributed by atoms with van der Waals surface area (Å²) in [6.45, 7) is 0.253. The second-order valence-corrected chi connectivity index (χ2v) is 12.2. The minimum absolute atomic E-state index is 0.0408. The number of carbonyl (C=O) groups is 2. The largest absolute Gasteiger partial charge is 0.491 e. The maximum Gasteiger partial charge on any atom is 0.339 e. The molecule has 1 aliphatic heterocycles. The van der Waals surface area contributed by atoms with E-state index < -0.39 is 16.0 Å². The summed E-state index contributed by atoms with van der Waals surface area (Å²) in [5, 5.41) is 2.00. The van der Waals surface area contributed by atoms with Crippen LogP contribution in [0.25, 0.3) is 16.8 Å². The summed E-state index contributed by atoms with van der Waals surface area (Å²) in [5.74, 6) is 0.329. The summed E-state index contributed by atoms with van der Waals surface area (Å²) in [6.07, 6.45) is 1.57. The topological polar surface area (TPSA) is 90.0 Å². The first-order valence-corrected chi connectivity index (χ1v) is 15.0. The summed E-state index contributed by atoms with van der Waals surface area (Å²) < 4.78 is 36.7. The van der Waals surface area contributed by atoms with Gasteiger partial charge in [-0.2, -0.15) is 8.42 Å². The Morgan fingerprint density at radius 2 is 1.67 bits per heavy atom. The van der Waals surface area contributed by atoms with E-state index in [2.05, 4.69) is 15.9 Å². The van der Waals surface area contributed by atoms with E-state index in [1.807, 2.05) is 42.5 Å². The molecule has 0 radical (unpaired) electrons. The van der Waals surface area contributed by atoms with E-state index in [1.54, 1.807) is 18.2 Å². The van der Waals surface area contributed by atoms with Crippen molar-refractivity contribution >= 4 is 77.4 Å². The first-order valence-electron chi connectivity index (χ1n) is 11.6. The van der Waals surface area contributed by atoms with Crippen molar-refractivity contribution in [3.63, 3.8) is 0 Å². The van der Waals surface area contributed by atoms with E-state index in [4.69, 9.17) is 20.5 Å². The van der Waals surface area contributed by atoms with E-state index >= 15 is 0 Å². The van der Waals surface area contributed by atoms with Crippen LogP contribution < -0.4 is 8.92 Å². The number of hydrogen-bond donors (Lipinski definition) is 0. The molecular formula is C28H19BrClNO6S2. The minimum Gasteiger partial charge on any atom is -0.491 e. The van der Waals surface area contributed by atoms with Crippen molar-refractivity contribution in [1.82, 2.24) is 4.90 Å². The van der Waals surface area contributed by atoms with Crippen LogP contribution in [-0.2, 0) is 14.9 Å². The first kappa shape index (κ1) is 27.3. The van der Waals surface area contributed by atoms with Gasteiger partial charge in [-0.15, -0.1) is 0 Å². The Balaban J connectivity index is 1.25. The molecule has 5 rings (SSSR count). The second-order valence-electron chi connectivity index (χ2n) is 8.34. The van der Waals surface area contributed by atoms with Crippen molar-refractivity contribution in [2.75, 3.05) is 13.2 Å². The van der Waals surface area contributed by atoms with Crippen molar-refractivity contribution in [2.24, 2.45) is 0 Å². The highest BCUT2D eigenvalue weighted by atomic mass is 79.9. The fraction of sp³-hybridized carbons (Fsp3) is 0.0714. The van der Waals surface area contributed by atoms with Gasteiger partial charge < -0.3 is 8.92 Å². The number of benzene rings is 4. The Kier molecular flexibility index (Phi) is 7.99. The highest BCUT2D eigenvalue weighted by molar-refractivity contribution is 9.10. The number of carbonyl (C=O) groups excluding carboxylic acids is 2. The van der Waals surface area contributed by atoms with Gasteiger partial charge in [-0.1, -0.05) is 54.1 Å². The molecule has 1 fully saturated rings. The number of hydrogen-bond acceptors (Lipinski definition) is 7. The average molecular weight is 645 g/mol. The molecule has 1 saturated heterocycles. The lowest BCUT2D eigenvalue weighted by Gasteiger charge is -2.14. The maximum atomic E-state index is 12.9. The second kappa shape index (κ2) is 11.4. The van der Waals surface area contributed by atoms with Crippen molar-refractivity contribution < 1.29 is 26.9 Å². The van der Waals surface area contributed by atoms with E-state index in [-0.39, 0.29) is 33.9 Å². The lowest BCUT2D eigenvalue weighted by atomic mass is 10.1. The molecule has 0 unspecified atom stereocenters. The fourth-order valence-electron chi connectivity index (χ4n) is 3.85. The van der Waals surface area contributed by atoms with Gasteiger partial charge in [-0.3, -0.25) is 14.5 Å². The van der Waals surface area contributed by atoms with Gasteiger partial charge in [0.05, 0.1) is 15.9 Å². The zero-order chi connectivity index (χ0) is 27.6. The number of nitrogens with zero attached hydrogens (tertiary/aromatic N) is 1. The van der Waals surface area contributed by atoms with E-state index in [0.717, 1.165) is 27.4 Å². The van der Waals surface area contributed by atoms with Crippen LogP contribution in [0, 0.1) is 0 Å². The third-order valence-electron chi connectivity index (χ3n) is 5.75. The molecule has 7 nitrogen and oxygen atoms in total. The fourth-order valence-corrected chi connectivity index (χ4v) is 6.38. The van der Waals surface area contributed by atoms with Gasteiger partial charge in [0.15, 0.2) is 5.75 Å². The van der Waals surface area contributed by atoms with Crippen LogP contribution in [0.15, 0.2) is 99.2 Å². The highest BCUT2D eigenvalue weighted by Gasteiger charge is 2.35. The van der Waals surface area contributed by atoms with Crippen LogP contribution >= 0.6 is 39.3 Å². The molecule has 2 amide bonds. The number of imide groups is 1. The highest BCUT2D eigenvalue weighted by Crippen LogP contribution is 2.35. The van der Waals surface area contributed by atoms with Crippen molar-refractivity contribution in [3.05, 3.63) is 105 Å². The van der Waals surface area contributed by atoms with Gasteiger partial charge in [-0.05, 0) is 87.2 Å². The zero-order valence-electron chi connectivity index (χ0n) is 20.0. The number of ether oxygens (including phenoxy) is 1. The van der Waals surface area contributed by atoms with E-state index in [0.29, 0.717) is 20.8 Å². The molecule has 4 aromatic rings. The van der Waals surface area contributed by atoms with Crippen LogP contribution in [0.5, 0.6) is 11.5 Å².